The molecular weight excluding hydrogens is 941 g/mol. The molecule has 0 aromatic carbocycles. The lowest BCUT2D eigenvalue weighted by Crippen LogP contribution is -2.63. The van der Waals surface area contributed by atoms with Gasteiger partial charge in [-0.15, -0.1) is 0 Å². The number of carbonyl (C=O) groups excluding carboxylic acids is 11. The van der Waals surface area contributed by atoms with E-state index in [2.05, 4.69) is 47.5 Å². The van der Waals surface area contributed by atoms with Crippen LogP contribution in [-0.2, 0) is 52.7 Å². The second-order valence-corrected chi connectivity index (χ2v) is 18.2. The number of primary amides is 1. The van der Waals surface area contributed by atoms with E-state index in [1.54, 1.807) is 41.5 Å². The van der Waals surface area contributed by atoms with Gasteiger partial charge in [0.2, 0.25) is 65.0 Å². The third kappa shape index (κ3) is 21.8. The van der Waals surface area contributed by atoms with Crippen molar-refractivity contribution in [3.8, 4) is 0 Å². The van der Waals surface area contributed by atoms with E-state index in [-0.39, 0.29) is 69.5 Å². The second-order valence-electron chi connectivity index (χ2n) is 18.2. The molecule has 1 aliphatic rings. The Bertz CT molecular complexity index is 1910. The van der Waals surface area contributed by atoms with E-state index in [0.29, 0.717) is 38.6 Å². The first-order chi connectivity index (χ1) is 33.8. The molecule has 0 aromatic rings. The molecule has 1 rings (SSSR count). The predicted octanol–water partition coefficient (Wildman–Crippen LogP) is -3.79. The molecule has 11 amide bonds. The fourth-order valence-electron chi connectivity index (χ4n) is 7.56. The number of nitrogens with one attached hydrogen (secondary N) is 8. The van der Waals surface area contributed by atoms with Gasteiger partial charge in [-0.3, -0.25) is 57.7 Å². The summed E-state index contributed by atoms with van der Waals surface area (Å²) < 4.78 is 0. The Morgan fingerprint density at radius 3 is 1.71 bits per heavy atom. The van der Waals surface area contributed by atoms with Gasteiger partial charge in [0.1, 0.15) is 42.3 Å². The fourth-order valence-corrected chi connectivity index (χ4v) is 7.56. The van der Waals surface area contributed by atoms with Crippen molar-refractivity contribution in [2.45, 2.75) is 168 Å². The minimum Gasteiger partial charge on any atom is -0.391 e. The van der Waals surface area contributed by atoms with Crippen molar-refractivity contribution < 1.29 is 57.8 Å². The van der Waals surface area contributed by atoms with Gasteiger partial charge in [0.25, 0.3) is 0 Å². The number of likely N-dealkylation sites (N-methyl/N-ethyl adjacent to an activating group) is 2. The average Bonchev–Trinajstić information content (AvgIpc) is 3.82. The molecule has 0 saturated carbocycles. The summed E-state index contributed by atoms with van der Waals surface area (Å²) in [5.74, 6) is -9.02. The highest BCUT2D eigenvalue weighted by atomic mass is 16.3. The van der Waals surface area contributed by atoms with Crippen LogP contribution in [0.5, 0.6) is 0 Å². The molecule has 15 N–H and O–H groups in total. The Labute approximate surface area is 422 Å². The zero-order chi connectivity index (χ0) is 54.8. The molecule has 1 aliphatic heterocycles. The molecule has 26 nitrogen and oxygen atoms in total. The minimum absolute atomic E-state index is 0.0536. The maximum absolute atomic E-state index is 14.2. The van der Waals surface area contributed by atoms with Crippen LogP contribution in [0.1, 0.15) is 120 Å². The number of hydrogen-bond donors (Lipinski definition) is 12. The summed E-state index contributed by atoms with van der Waals surface area (Å²) in [6, 6.07) is -8.85. The summed E-state index contributed by atoms with van der Waals surface area (Å²) >= 11 is 0. The van der Waals surface area contributed by atoms with Gasteiger partial charge < -0.3 is 74.6 Å². The molecule has 72 heavy (non-hydrogen) atoms. The van der Waals surface area contributed by atoms with E-state index in [1.165, 1.54) is 25.8 Å². The van der Waals surface area contributed by atoms with Gasteiger partial charge >= 0.3 is 0 Å². The lowest BCUT2D eigenvalue weighted by atomic mass is 9.96. The van der Waals surface area contributed by atoms with Crippen LogP contribution in [0.2, 0.25) is 0 Å². The van der Waals surface area contributed by atoms with Crippen molar-refractivity contribution in [3.63, 3.8) is 0 Å². The number of aliphatic imine (C=N–C) groups is 1. The zero-order valence-electron chi connectivity index (χ0n) is 43.4. The number of hydrogen-bond acceptors (Lipinski definition) is 13. The Hall–Kier alpha value is -6.60. The molecule has 0 radical (unpaired) electrons. The smallest absolute Gasteiger partial charge is 0.245 e. The van der Waals surface area contributed by atoms with Crippen molar-refractivity contribution in [3.05, 3.63) is 0 Å². The normalized spacial score (nSPS) is 16.8. The van der Waals surface area contributed by atoms with Crippen LogP contribution in [0, 0.1) is 11.8 Å². The Kier molecular flexibility index (Phi) is 28.5. The lowest BCUT2D eigenvalue weighted by molar-refractivity contribution is -0.142. The first kappa shape index (κ1) is 63.4. The first-order valence-corrected chi connectivity index (χ1v) is 24.7. The standard InChI is InChI=1S/C46H82N14O12/c1-10-16-29(39(66)56-36(25(5)11-2)42(69)55-31(17-14-21-51-46(48)49)45(72)60-22-15-18-32(60)41(68)50-13-4)54-44(71)38(27(7)61)58-43(70)37(26(6)12-3)57-40(67)30(19-20-33(47)63)53-34(64)23-52-35(65)24-59(9)28(8)62/h25-27,29-32,36-38,61H,10-24H2,1-9H3,(H2,47,63)(H,50,68)(H,52,65)(H,53,64)(H,54,71)(H,55,69)(H,56,66)(H,57,67)(H,58,70)(H4,48,49,51)/t25-,26-,27+,29-,30-,31-,32-,36+,37+,38-/m0/s1. The molecule has 1 heterocycles. The second kappa shape index (κ2) is 32.4. The van der Waals surface area contributed by atoms with Gasteiger partial charge in [-0.05, 0) is 64.2 Å². The van der Waals surface area contributed by atoms with Gasteiger partial charge in [-0.1, -0.05) is 53.9 Å². The first-order valence-electron chi connectivity index (χ1n) is 24.7. The number of amides is 11. The van der Waals surface area contributed by atoms with Crippen molar-refractivity contribution in [1.82, 2.24) is 52.3 Å². The van der Waals surface area contributed by atoms with Crippen LogP contribution in [0.15, 0.2) is 4.99 Å². The van der Waals surface area contributed by atoms with Crippen molar-refractivity contribution in [1.29, 1.82) is 0 Å². The van der Waals surface area contributed by atoms with Gasteiger partial charge in [-0.2, -0.15) is 0 Å². The van der Waals surface area contributed by atoms with Crippen LogP contribution in [0.25, 0.3) is 0 Å². The van der Waals surface area contributed by atoms with Crippen molar-refractivity contribution >= 4 is 70.9 Å². The maximum Gasteiger partial charge on any atom is 0.245 e. The zero-order valence-corrected chi connectivity index (χ0v) is 43.4. The predicted molar refractivity (Wildman–Crippen MR) is 265 cm³/mol. The number of nitrogens with zero attached hydrogens (tertiary/aromatic N) is 3. The monoisotopic (exact) mass is 1020 g/mol. The van der Waals surface area contributed by atoms with Crippen LogP contribution in [0.3, 0.4) is 0 Å². The summed E-state index contributed by atoms with van der Waals surface area (Å²) in [6.07, 6.45) is 0.325. The largest absolute Gasteiger partial charge is 0.391 e. The highest BCUT2D eigenvalue weighted by molar-refractivity contribution is 5.98. The van der Waals surface area contributed by atoms with Gasteiger partial charge in [0, 0.05) is 40.0 Å². The topological polar surface area (TPSA) is 401 Å². The van der Waals surface area contributed by atoms with E-state index in [1.807, 2.05) is 0 Å². The van der Waals surface area contributed by atoms with E-state index in [0.717, 1.165) is 4.90 Å². The molecule has 408 valence electrons. The number of nitrogens with two attached hydrogens (primary N) is 3. The van der Waals surface area contributed by atoms with Crippen molar-refractivity contribution in [2.75, 3.05) is 39.8 Å². The Morgan fingerprint density at radius 1 is 0.681 bits per heavy atom. The molecule has 1 fully saturated rings. The number of guanidine groups is 1. The molecule has 0 spiro atoms. The number of aliphatic hydroxyl groups excluding tert-OH is 1. The molecule has 10 atom stereocenters. The number of carbonyl (C=O) groups is 11. The quantitative estimate of drug-likeness (QED) is 0.0175. The summed E-state index contributed by atoms with van der Waals surface area (Å²) in [6.45, 7) is 12.7. The Morgan fingerprint density at radius 2 is 1.21 bits per heavy atom. The van der Waals surface area contributed by atoms with E-state index >= 15 is 0 Å². The fraction of sp³-hybridized carbons (Fsp3) is 0.739. The summed E-state index contributed by atoms with van der Waals surface area (Å²) in [5.41, 5.74) is 16.3. The summed E-state index contributed by atoms with van der Waals surface area (Å²) in [5, 5.41) is 31.4. The van der Waals surface area contributed by atoms with Gasteiger partial charge in [0.15, 0.2) is 5.96 Å². The van der Waals surface area contributed by atoms with Crippen LogP contribution >= 0.6 is 0 Å². The van der Waals surface area contributed by atoms with Crippen LogP contribution < -0.4 is 59.7 Å². The molecule has 0 aromatic heterocycles. The van der Waals surface area contributed by atoms with Crippen LogP contribution in [0.4, 0.5) is 0 Å². The Balaban J connectivity index is 3.35. The summed E-state index contributed by atoms with van der Waals surface area (Å²) in [7, 11) is 1.39. The molecule has 0 aliphatic carbocycles. The minimum atomic E-state index is -1.68. The van der Waals surface area contributed by atoms with E-state index in [9.17, 15) is 57.8 Å². The lowest BCUT2D eigenvalue weighted by Gasteiger charge is -2.32. The summed E-state index contributed by atoms with van der Waals surface area (Å²) in [4.78, 5) is 152. The highest BCUT2D eigenvalue weighted by Crippen LogP contribution is 2.21. The number of aliphatic hydroxyl groups is 1. The SMILES string of the molecule is CCC[C@H](NC(=O)[C@@H](NC(=O)[C@H](NC(=O)[C@H](CCC(N)=O)NC(=O)CNC(=O)CN(C)C(C)=O)[C@@H](C)CC)[C@@H](C)O)C(=O)N[C@@H](C(=O)N[C@@H](CCCN=C(N)N)C(=O)N1CCC[C@H]1C(=O)NCC)[C@@H](C)CC. The van der Waals surface area contributed by atoms with Gasteiger partial charge in [-0.25, -0.2) is 0 Å². The third-order valence-electron chi connectivity index (χ3n) is 12.3. The highest BCUT2D eigenvalue weighted by Gasteiger charge is 2.40. The molecule has 0 unspecified atom stereocenters. The van der Waals surface area contributed by atoms with Crippen molar-refractivity contribution in [2.24, 2.45) is 34.0 Å². The molecular formula is C46H82N14O12. The molecule has 0 bridgehead atoms. The third-order valence-corrected chi connectivity index (χ3v) is 12.3. The number of rotatable bonds is 32. The number of likely N-dealkylation sites (tertiary alicyclic amines) is 1. The average molecular weight is 1020 g/mol. The van der Waals surface area contributed by atoms with E-state index in [4.69, 9.17) is 17.2 Å². The molecule has 26 heteroatoms. The van der Waals surface area contributed by atoms with Crippen LogP contribution in [-0.4, -0.2) is 174 Å². The van der Waals surface area contributed by atoms with Gasteiger partial charge in [0.05, 0.1) is 19.2 Å². The molecule has 1 saturated heterocycles. The maximum atomic E-state index is 14.2. The van der Waals surface area contributed by atoms with E-state index < -0.39 is 120 Å².